The Morgan fingerprint density at radius 3 is 2.44 bits per heavy atom. The van der Waals surface area contributed by atoms with Crippen LogP contribution >= 0.6 is 0 Å². The molecule has 0 radical (unpaired) electrons. The Labute approximate surface area is 200 Å². The summed E-state index contributed by atoms with van der Waals surface area (Å²) in [6.45, 7) is 7.23. The van der Waals surface area contributed by atoms with Crippen LogP contribution in [0.15, 0.2) is 30.3 Å². The lowest BCUT2D eigenvalue weighted by molar-refractivity contribution is 0.0691. The number of fused-ring (bicyclic) bond motifs is 1. The molecule has 2 fully saturated rings. The highest BCUT2D eigenvalue weighted by Crippen LogP contribution is 2.39. The van der Waals surface area contributed by atoms with Crippen LogP contribution in [0.1, 0.15) is 80.9 Å². The van der Waals surface area contributed by atoms with E-state index in [2.05, 4.69) is 34.1 Å². The smallest absolute Gasteiger partial charge is 0.354 e. The van der Waals surface area contributed by atoms with Gasteiger partial charge in [-0.1, -0.05) is 43.5 Å². The fourth-order valence-corrected chi connectivity index (χ4v) is 5.32. The first-order valence-electron chi connectivity index (χ1n) is 12.6. The van der Waals surface area contributed by atoms with E-state index in [0.717, 1.165) is 61.8 Å². The number of ether oxygens (including phenoxy) is 1. The molecule has 34 heavy (non-hydrogen) atoms. The summed E-state index contributed by atoms with van der Waals surface area (Å²) in [5, 5.41) is 15.5. The van der Waals surface area contributed by atoms with Crippen LogP contribution in [0.25, 0.3) is 22.2 Å². The maximum absolute atomic E-state index is 12.0. The van der Waals surface area contributed by atoms with Crippen LogP contribution in [0.4, 0.5) is 0 Å². The molecule has 0 spiro atoms. The summed E-state index contributed by atoms with van der Waals surface area (Å²) >= 11 is 0. The second-order valence-electron chi connectivity index (χ2n) is 9.95. The van der Waals surface area contributed by atoms with Gasteiger partial charge in [-0.2, -0.15) is 0 Å². The first-order valence-corrected chi connectivity index (χ1v) is 12.6. The first kappa shape index (κ1) is 22.8. The maximum atomic E-state index is 12.0. The molecular weight excluding hydrogens is 428 g/mol. The van der Waals surface area contributed by atoms with Gasteiger partial charge in [0.05, 0.1) is 17.5 Å². The maximum Gasteiger partial charge on any atom is 0.354 e. The van der Waals surface area contributed by atoms with Crippen molar-refractivity contribution in [1.82, 2.24) is 19.7 Å². The van der Waals surface area contributed by atoms with Crippen LogP contribution in [0.2, 0.25) is 0 Å². The minimum Gasteiger partial charge on any atom is -0.477 e. The van der Waals surface area contributed by atoms with Crippen LogP contribution in [-0.2, 0) is 6.54 Å². The lowest BCUT2D eigenvalue weighted by Crippen LogP contribution is -2.18. The largest absolute Gasteiger partial charge is 0.477 e. The highest BCUT2D eigenvalue weighted by molar-refractivity contribution is 6.01. The van der Waals surface area contributed by atoms with Gasteiger partial charge in [-0.15, -0.1) is 5.10 Å². The Bertz CT molecular complexity index is 1160. The molecule has 180 valence electrons. The summed E-state index contributed by atoms with van der Waals surface area (Å²) in [7, 11) is 0. The predicted octanol–water partition coefficient (Wildman–Crippen LogP) is 5.68. The number of aromatic nitrogens is 3. The molecule has 1 saturated heterocycles. The number of carboxylic acid groups (broad SMARTS) is 1. The number of carboxylic acids is 1. The molecule has 3 aromatic rings. The van der Waals surface area contributed by atoms with E-state index in [1.165, 1.54) is 24.8 Å². The molecule has 1 N–H and O–H groups in total. The highest BCUT2D eigenvalue weighted by Gasteiger charge is 2.26. The summed E-state index contributed by atoms with van der Waals surface area (Å²) in [4.78, 5) is 19.1. The Kier molecular flexibility index (Phi) is 6.55. The van der Waals surface area contributed by atoms with Crippen molar-refractivity contribution in [3.05, 3.63) is 41.6 Å². The number of likely N-dealkylation sites (tertiary alicyclic amines) is 1. The van der Waals surface area contributed by atoms with Crippen LogP contribution in [-0.4, -0.2) is 49.9 Å². The van der Waals surface area contributed by atoms with Crippen molar-refractivity contribution < 1.29 is 14.6 Å². The van der Waals surface area contributed by atoms with Crippen molar-refractivity contribution in [3.8, 4) is 17.0 Å². The molecule has 0 atom stereocenters. The molecule has 1 aliphatic heterocycles. The van der Waals surface area contributed by atoms with E-state index < -0.39 is 5.97 Å². The Hall–Kier alpha value is -2.93. The van der Waals surface area contributed by atoms with Crippen molar-refractivity contribution in [1.29, 1.82) is 0 Å². The van der Waals surface area contributed by atoms with Crippen LogP contribution in [0.3, 0.4) is 0 Å². The van der Waals surface area contributed by atoms with Crippen LogP contribution in [0, 0.1) is 0 Å². The molecule has 2 aliphatic rings. The van der Waals surface area contributed by atoms with Crippen molar-refractivity contribution in [2.24, 2.45) is 0 Å². The molecule has 1 aromatic carbocycles. The molecule has 7 heteroatoms. The topological polar surface area (TPSA) is 80.5 Å². The molecule has 1 saturated carbocycles. The monoisotopic (exact) mass is 462 g/mol. The van der Waals surface area contributed by atoms with E-state index in [1.807, 2.05) is 18.5 Å². The van der Waals surface area contributed by atoms with Crippen molar-refractivity contribution >= 4 is 17.0 Å². The standard InChI is InChI=1S/C27H34N4O3/c1-18(2)34-26-24-22(20-12-10-19(11-13-20)17-30-14-6-7-15-30)16-23(27(32)33)28-25(24)31(29-26)21-8-4-3-5-9-21/h10-13,16,18,21H,3-9,14-15,17H2,1-2H3,(H,32,33). The Morgan fingerprint density at radius 1 is 1.09 bits per heavy atom. The quantitative estimate of drug-likeness (QED) is 0.486. The normalized spacial score (nSPS) is 17.6. The number of pyridine rings is 1. The number of carbonyl (C=O) groups is 1. The van der Waals surface area contributed by atoms with Gasteiger partial charge in [0.2, 0.25) is 5.88 Å². The molecule has 2 aromatic heterocycles. The van der Waals surface area contributed by atoms with E-state index in [9.17, 15) is 9.90 Å². The second-order valence-corrected chi connectivity index (χ2v) is 9.95. The molecule has 0 unspecified atom stereocenters. The van der Waals surface area contributed by atoms with Crippen molar-refractivity contribution in [2.45, 2.75) is 77.5 Å². The van der Waals surface area contributed by atoms with Gasteiger partial charge < -0.3 is 9.84 Å². The second kappa shape index (κ2) is 9.74. The van der Waals surface area contributed by atoms with E-state index in [1.54, 1.807) is 6.07 Å². The molecule has 3 heterocycles. The van der Waals surface area contributed by atoms with E-state index in [-0.39, 0.29) is 17.8 Å². The molecular formula is C27H34N4O3. The third kappa shape index (κ3) is 4.67. The summed E-state index contributed by atoms with van der Waals surface area (Å²) in [6.07, 6.45) is 8.08. The van der Waals surface area contributed by atoms with Gasteiger partial charge >= 0.3 is 5.97 Å². The summed E-state index contributed by atoms with van der Waals surface area (Å²) < 4.78 is 8.08. The molecule has 1 aliphatic carbocycles. The zero-order chi connectivity index (χ0) is 23.7. The Balaban J connectivity index is 1.62. The van der Waals surface area contributed by atoms with Crippen molar-refractivity contribution in [3.63, 3.8) is 0 Å². The number of benzene rings is 1. The van der Waals surface area contributed by atoms with E-state index in [4.69, 9.17) is 9.84 Å². The Morgan fingerprint density at radius 2 is 1.79 bits per heavy atom. The number of rotatable bonds is 7. The molecule has 0 amide bonds. The fraction of sp³-hybridized carbons (Fsp3) is 0.519. The van der Waals surface area contributed by atoms with Gasteiger partial charge in [-0.05, 0) is 69.8 Å². The summed E-state index contributed by atoms with van der Waals surface area (Å²) in [5.74, 6) is -0.493. The average Bonchev–Trinajstić information content (AvgIpc) is 3.47. The van der Waals surface area contributed by atoms with Gasteiger partial charge in [0, 0.05) is 12.1 Å². The average molecular weight is 463 g/mol. The number of hydrogen-bond donors (Lipinski definition) is 1. The van der Waals surface area contributed by atoms with Crippen LogP contribution < -0.4 is 4.74 Å². The number of hydrogen-bond acceptors (Lipinski definition) is 5. The zero-order valence-corrected chi connectivity index (χ0v) is 20.2. The lowest BCUT2D eigenvalue weighted by atomic mass is 9.95. The SMILES string of the molecule is CC(C)Oc1nn(C2CCCCC2)c2nc(C(=O)O)cc(-c3ccc(CN4CCCC4)cc3)c12. The summed E-state index contributed by atoms with van der Waals surface area (Å²) in [5.41, 5.74) is 3.69. The summed E-state index contributed by atoms with van der Waals surface area (Å²) in [6, 6.07) is 10.4. The number of nitrogens with zero attached hydrogens (tertiary/aromatic N) is 4. The first-order chi connectivity index (χ1) is 16.5. The molecule has 0 bridgehead atoms. The molecule has 7 nitrogen and oxygen atoms in total. The van der Waals surface area contributed by atoms with E-state index >= 15 is 0 Å². The van der Waals surface area contributed by atoms with Gasteiger partial charge in [-0.25, -0.2) is 14.5 Å². The van der Waals surface area contributed by atoms with Crippen LogP contribution in [0.5, 0.6) is 5.88 Å². The minimum atomic E-state index is -1.03. The van der Waals surface area contributed by atoms with Gasteiger partial charge in [-0.3, -0.25) is 4.90 Å². The van der Waals surface area contributed by atoms with Crippen molar-refractivity contribution in [2.75, 3.05) is 13.1 Å². The third-order valence-electron chi connectivity index (χ3n) is 6.99. The zero-order valence-electron chi connectivity index (χ0n) is 20.2. The van der Waals surface area contributed by atoms with Gasteiger partial charge in [0.1, 0.15) is 0 Å². The fourth-order valence-electron chi connectivity index (χ4n) is 5.32. The lowest BCUT2D eigenvalue weighted by Gasteiger charge is -2.22. The number of aromatic carboxylic acids is 1. The van der Waals surface area contributed by atoms with Gasteiger partial charge in [0.25, 0.3) is 0 Å². The minimum absolute atomic E-state index is 0.0386. The molecule has 5 rings (SSSR count). The highest BCUT2D eigenvalue weighted by atomic mass is 16.5. The third-order valence-corrected chi connectivity index (χ3v) is 6.99. The predicted molar refractivity (Wildman–Crippen MR) is 132 cm³/mol. The van der Waals surface area contributed by atoms with E-state index in [0.29, 0.717) is 11.5 Å². The van der Waals surface area contributed by atoms with Gasteiger partial charge in [0.15, 0.2) is 11.3 Å².